The summed E-state index contributed by atoms with van der Waals surface area (Å²) in [4.78, 5) is 47.9. The zero-order valence-corrected chi connectivity index (χ0v) is 31.6. The third kappa shape index (κ3) is 9.56. The van der Waals surface area contributed by atoms with Crippen molar-refractivity contribution in [2.45, 2.75) is 99.3 Å². The minimum atomic E-state index is -0.773. The zero-order valence-electron chi connectivity index (χ0n) is 31.6. The van der Waals surface area contributed by atoms with Crippen LogP contribution in [0.5, 0.6) is 0 Å². The molecule has 0 unspecified atom stereocenters. The Balaban J connectivity index is 1.75. The number of piperazine rings is 1. The van der Waals surface area contributed by atoms with Gasteiger partial charge in [-0.15, -0.1) is 0 Å². The van der Waals surface area contributed by atoms with Gasteiger partial charge >= 0.3 is 0 Å². The van der Waals surface area contributed by atoms with Crippen molar-refractivity contribution in [1.82, 2.24) is 25.3 Å². The normalized spacial score (nSPS) is 16.8. The van der Waals surface area contributed by atoms with Crippen molar-refractivity contribution in [1.29, 1.82) is 0 Å². The van der Waals surface area contributed by atoms with Gasteiger partial charge in [-0.2, -0.15) is 0 Å². The summed E-state index contributed by atoms with van der Waals surface area (Å²) in [7, 11) is 3.57. The molecule has 48 heavy (non-hydrogen) atoms. The summed E-state index contributed by atoms with van der Waals surface area (Å²) in [6.07, 6.45) is 1.93. The van der Waals surface area contributed by atoms with Crippen molar-refractivity contribution < 1.29 is 14.4 Å². The van der Waals surface area contributed by atoms with Crippen LogP contribution in [-0.4, -0.2) is 90.8 Å². The first kappa shape index (κ1) is 39.0. The molecule has 0 saturated carbocycles. The van der Waals surface area contributed by atoms with Crippen LogP contribution in [0.4, 0.5) is 0 Å². The Morgan fingerprint density at radius 3 is 2.02 bits per heavy atom. The van der Waals surface area contributed by atoms with Gasteiger partial charge in [-0.25, -0.2) is 0 Å². The predicted molar refractivity (Wildman–Crippen MR) is 197 cm³/mol. The van der Waals surface area contributed by atoms with E-state index in [9.17, 15) is 14.4 Å². The van der Waals surface area contributed by atoms with Crippen molar-refractivity contribution in [3.63, 3.8) is 0 Å². The lowest BCUT2D eigenvalue weighted by Crippen LogP contribution is -2.61. The Morgan fingerprint density at radius 1 is 0.896 bits per heavy atom. The molecule has 1 aliphatic heterocycles. The molecule has 0 spiro atoms. The van der Waals surface area contributed by atoms with E-state index in [0.29, 0.717) is 18.7 Å². The molecular weight excluding hydrogens is 598 g/mol. The largest absolute Gasteiger partial charge is 0.342 e. The van der Waals surface area contributed by atoms with Gasteiger partial charge in [0.15, 0.2) is 0 Å². The van der Waals surface area contributed by atoms with E-state index in [-0.39, 0.29) is 29.7 Å². The predicted octanol–water partition coefficient (Wildman–Crippen LogP) is 5.47. The Hall–Kier alpha value is -3.49. The number of hydrogen-bond donors (Lipinski definition) is 2. The lowest BCUT2D eigenvalue weighted by atomic mass is 9.76. The summed E-state index contributed by atoms with van der Waals surface area (Å²) in [6.45, 7) is 24.0. The van der Waals surface area contributed by atoms with E-state index >= 15 is 0 Å². The molecule has 0 aromatic heterocycles. The highest BCUT2D eigenvalue weighted by molar-refractivity contribution is 5.94. The maximum absolute atomic E-state index is 14.3. The van der Waals surface area contributed by atoms with Gasteiger partial charge in [-0.1, -0.05) is 103 Å². The second-order valence-corrected chi connectivity index (χ2v) is 15.6. The van der Waals surface area contributed by atoms with Gasteiger partial charge in [-0.3, -0.25) is 19.3 Å². The lowest BCUT2D eigenvalue weighted by Gasteiger charge is -2.40. The first-order chi connectivity index (χ1) is 22.4. The number of nitrogens with one attached hydrogen (secondary N) is 2. The molecular formula is C40H61N5O3. The fourth-order valence-corrected chi connectivity index (χ4v) is 6.63. The Kier molecular flexibility index (Phi) is 13.2. The topological polar surface area (TPSA) is 85.0 Å². The lowest BCUT2D eigenvalue weighted by molar-refractivity contribution is -0.141. The fraction of sp³-hybridized carbons (Fsp3) is 0.575. The molecule has 1 aliphatic rings. The molecule has 3 atom stereocenters. The number of likely N-dealkylation sites (N-methyl/N-ethyl adjacent to an activating group) is 2. The van der Waals surface area contributed by atoms with Crippen LogP contribution in [-0.2, 0) is 26.3 Å². The summed E-state index contributed by atoms with van der Waals surface area (Å²) in [5.74, 6) is -0.349. The number of aryl methyl sites for hydroxylation is 2. The van der Waals surface area contributed by atoms with Crippen molar-refractivity contribution in [2.24, 2.45) is 11.3 Å². The highest BCUT2D eigenvalue weighted by atomic mass is 16.2. The van der Waals surface area contributed by atoms with Crippen LogP contribution in [0.3, 0.4) is 0 Å². The number of nitrogens with zero attached hydrogens (tertiary/aromatic N) is 3. The zero-order chi connectivity index (χ0) is 36.0. The SMILES string of the molecule is CN[C@H](C(=O)N[C@H](C(=O)N(C)[C@H](C=C(C)C(=O)N1CCN(Cc2ccccc2)CC1)C(C)C)C(C)(C)C)C(C)(C)c1ccc(C)c(C)c1. The minimum Gasteiger partial charge on any atom is -0.342 e. The van der Waals surface area contributed by atoms with Gasteiger partial charge < -0.3 is 20.4 Å². The first-order valence-corrected chi connectivity index (χ1v) is 17.4. The molecule has 1 heterocycles. The summed E-state index contributed by atoms with van der Waals surface area (Å²) in [5.41, 5.74) is 4.24. The van der Waals surface area contributed by atoms with Crippen LogP contribution in [0.1, 0.15) is 77.6 Å². The molecule has 2 N–H and O–H groups in total. The van der Waals surface area contributed by atoms with E-state index in [0.717, 1.165) is 25.2 Å². The average Bonchev–Trinajstić information content (AvgIpc) is 3.03. The number of hydrogen-bond acceptors (Lipinski definition) is 5. The third-order valence-electron chi connectivity index (χ3n) is 10.1. The summed E-state index contributed by atoms with van der Waals surface area (Å²) in [6, 6.07) is 15.0. The van der Waals surface area contributed by atoms with Gasteiger partial charge in [0, 0.05) is 50.8 Å². The van der Waals surface area contributed by atoms with Gasteiger partial charge in [0.2, 0.25) is 17.7 Å². The summed E-state index contributed by atoms with van der Waals surface area (Å²) < 4.78 is 0. The Morgan fingerprint density at radius 2 is 1.50 bits per heavy atom. The van der Waals surface area contributed by atoms with Crippen molar-refractivity contribution >= 4 is 17.7 Å². The van der Waals surface area contributed by atoms with Crippen molar-refractivity contribution in [3.05, 3.63) is 82.4 Å². The van der Waals surface area contributed by atoms with Crippen LogP contribution >= 0.6 is 0 Å². The fourth-order valence-electron chi connectivity index (χ4n) is 6.63. The monoisotopic (exact) mass is 659 g/mol. The molecule has 3 amide bonds. The third-order valence-corrected chi connectivity index (χ3v) is 10.1. The van der Waals surface area contributed by atoms with Gasteiger partial charge in [-0.05, 0) is 61.4 Å². The quantitative estimate of drug-likeness (QED) is 0.295. The van der Waals surface area contributed by atoms with Crippen molar-refractivity contribution in [3.8, 4) is 0 Å². The molecule has 2 aromatic carbocycles. The first-order valence-electron chi connectivity index (χ1n) is 17.4. The second kappa shape index (κ2) is 16.3. The van der Waals surface area contributed by atoms with Crippen LogP contribution in [0.25, 0.3) is 0 Å². The van der Waals surface area contributed by atoms with Gasteiger partial charge in [0.1, 0.15) is 6.04 Å². The number of rotatable bonds is 12. The second-order valence-electron chi connectivity index (χ2n) is 15.6. The van der Waals surface area contributed by atoms with E-state index in [2.05, 4.69) is 99.5 Å². The van der Waals surface area contributed by atoms with E-state index in [1.165, 1.54) is 16.7 Å². The van der Waals surface area contributed by atoms with Crippen molar-refractivity contribution in [2.75, 3.05) is 40.3 Å². The van der Waals surface area contributed by atoms with Crippen LogP contribution < -0.4 is 10.6 Å². The average molecular weight is 660 g/mol. The van der Waals surface area contributed by atoms with Crippen LogP contribution in [0.2, 0.25) is 0 Å². The molecule has 2 aromatic rings. The van der Waals surface area contributed by atoms with E-state index < -0.39 is 22.9 Å². The maximum atomic E-state index is 14.3. The summed E-state index contributed by atoms with van der Waals surface area (Å²) in [5, 5.41) is 6.37. The molecule has 0 aliphatic carbocycles. The molecule has 264 valence electrons. The minimum absolute atomic E-state index is 0.00645. The number of carbonyl (C=O) groups is 3. The molecule has 3 rings (SSSR count). The standard InChI is InChI=1S/C40H61N5O3/c1-27(2)33(25-30(5)37(47)45-22-20-44(21-23-45)26-31-16-14-13-15-17-31)43(12)38(48)35(39(6,7)8)42-36(46)34(41-11)40(9,10)32-19-18-28(3)29(4)24-32/h13-19,24-25,27,33-35,41H,20-23,26H2,1-12H3,(H,42,46)/t33-,34-,35-/m1/s1. The maximum Gasteiger partial charge on any atom is 0.249 e. The molecule has 8 heteroatoms. The molecule has 8 nitrogen and oxygen atoms in total. The van der Waals surface area contributed by atoms with E-state index in [1.807, 2.05) is 44.7 Å². The number of carbonyl (C=O) groups excluding carboxylic acids is 3. The van der Waals surface area contributed by atoms with Crippen LogP contribution in [0, 0.1) is 25.2 Å². The number of benzene rings is 2. The van der Waals surface area contributed by atoms with Crippen LogP contribution in [0.15, 0.2) is 60.2 Å². The molecule has 1 fully saturated rings. The highest BCUT2D eigenvalue weighted by Gasteiger charge is 2.42. The van der Waals surface area contributed by atoms with Gasteiger partial charge in [0.25, 0.3) is 0 Å². The molecule has 0 radical (unpaired) electrons. The van der Waals surface area contributed by atoms with E-state index in [1.54, 1.807) is 19.0 Å². The van der Waals surface area contributed by atoms with Gasteiger partial charge in [0.05, 0.1) is 12.1 Å². The Bertz CT molecular complexity index is 1430. The smallest absolute Gasteiger partial charge is 0.249 e. The highest BCUT2D eigenvalue weighted by Crippen LogP contribution is 2.30. The Labute approximate surface area is 290 Å². The number of amides is 3. The molecule has 1 saturated heterocycles. The summed E-state index contributed by atoms with van der Waals surface area (Å²) >= 11 is 0. The molecule has 0 bridgehead atoms. The van der Waals surface area contributed by atoms with E-state index in [4.69, 9.17) is 0 Å².